The molecule has 98 valence electrons. The van der Waals surface area contributed by atoms with Crippen LogP contribution in [0.15, 0.2) is 0 Å². The second-order valence-electron chi connectivity index (χ2n) is 6.80. The number of hydrogen-bond donors (Lipinski definition) is 0. The van der Waals surface area contributed by atoms with Crippen LogP contribution >= 0.6 is 0 Å². The Labute approximate surface area is 108 Å². The SMILES string of the molecule is CC(C)(C)c1nc2c(c(C(C)(C)C)n1)COC2=O. The molecule has 0 fully saturated rings. The van der Waals surface area contributed by atoms with Gasteiger partial charge in [0, 0.05) is 16.4 Å². The van der Waals surface area contributed by atoms with Gasteiger partial charge < -0.3 is 4.74 Å². The average molecular weight is 248 g/mol. The lowest BCUT2D eigenvalue weighted by atomic mass is 9.87. The van der Waals surface area contributed by atoms with E-state index < -0.39 is 0 Å². The number of cyclic esters (lactones) is 1. The van der Waals surface area contributed by atoms with Crippen molar-refractivity contribution in [2.45, 2.75) is 59.0 Å². The summed E-state index contributed by atoms with van der Waals surface area (Å²) in [5.41, 5.74) is 1.91. The average Bonchev–Trinajstić information content (AvgIpc) is 2.56. The molecule has 0 atom stereocenters. The van der Waals surface area contributed by atoms with Crippen molar-refractivity contribution < 1.29 is 9.53 Å². The molecule has 1 aromatic rings. The summed E-state index contributed by atoms with van der Waals surface area (Å²) in [6.45, 7) is 12.7. The predicted octanol–water partition coefficient (Wildman–Crippen LogP) is 2.74. The third-order valence-corrected chi connectivity index (χ3v) is 2.93. The van der Waals surface area contributed by atoms with E-state index in [1.54, 1.807) is 0 Å². The Kier molecular flexibility index (Phi) is 2.72. The van der Waals surface area contributed by atoms with E-state index in [0.29, 0.717) is 18.1 Å². The molecular weight excluding hydrogens is 228 g/mol. The van der Waals surface area contributed by atoms with Crippen LogP contribution in [0.5, 0.6) is 0 Å². The first-order valence-electron chi connectivity index (χ1n) is 6.19. The van der Waals surface area contributed by atoms with E-state index in [1.165, 1.54) is 0 Å². The van der Waals surface area contributed by atoms with E-state index in [-0.39, 0.29) is 16.8 Å². The van der Waals surface area contributed by atoms with Crippen molar-refractivity contribution in [2.75, 3.05) is 0 Å². The maximum Gasteiger partial charge on any atom is 0.357 e. The first-order valence-corrected chi connectivity index (χ1v) is 6.19. The van der Waals surface area contributed by atoms with Crippen molar-refractivity contribution in [3.8, 4) is 0 Å². The lowest BCUT2D eigenvalue weighted by Gasteiger charge is -2.24. The molecular formula is C14H20N2O2. The summed E-state index contributed by atoms with van der Waals surface area (Å²) < 4.78 is 5.09. The fourth-order valence-electron chi connectivity index (χ4n) is 1.95. The highest BCUT2D eigenvalue weighted by atomic mass is 16.5. The van der Waals surface area contributed by atoms with Gasteiger partial charge in [-0.15, -0.1) is 0 Å². The van der Waals surface area contributed by atoms with E-state index in [4.69, 9.17) is 4.74 Å². The van der Waals surface area contributed by atoms with Crippen LogP contribution in [0.2, 0.25) is 0 Å². The predicted molar refractivity (Wildman–Crippen MR) is 68.6 cm³/mol. The highest BCUT2D eigenvalue weighted by molar-refractivity contribution is 5.91. The van der Waals surface area contributed by atoms with Crippen LogP contribution in [0, 0.1) is 0 Å². The third-order valence-electron chi connectivity index (χ3n) is 2.93. The minimum atomic E-state index is -0.330. The molecule has 0 amide bonds. The van der Waals surface area contributed by atoms with Crippen LogP contribution in [0.1, 0.15) is 69.1 Å². The Hall–Kier alpha value is -1.45. The number of aromatic nitrogens is 2. The van der Waals surface area contributed by atoms with Crippen LogP contribution in [-0.4, -0.2) is 15.9 Å². The first-order chi connectivity index (χ1) is 8.10. The molecule has 0 bridgehead atoms. The number of hydrogen-bond acceptors (Lipinski definition) is 4. The zero-order valence-electron chi connectivity index (χ0n) is 11.9. The summed E-state index contributed by atoms with van der Waals surface area (Å²) in [4.78, 5) is 20.8. The Bertz CT molecular complexity index is 508. The molecule has 0 aromatic carbocycles. The van der Waals surface area contributed by atoms with Gasteiger partial charge in [0.25, 0.3) is 0 Å². The minimum Gasteiger partial charge on any atom is -0.456 e. The van der Waals surface area contributed by atoms with E-state index in [1.807, 2.05) is 20.8 Å². The topological polar surface area (TPSA) is 52.1 Å². The molecule has 2 rings (SSSR count). The number of ether oxygens (including phenoxy) is 1. The monoisotopic (exact) mass is 248 g/mol. The number of esters is 1. The van der Waals surface area contributed by atoms with Crippen molar-refractivity contribution in [1.82, 2.24) is 9.97 Å². The standard InChI is InChI=1S/C14H20N2O2/c1-13(2,3)10-8-7-18-11(17)9(8)15-12(16-10)14(4,5)6/h7H2,1-6H3. The van der Waals surface area contributed by atoms with Crippen LogP contribution in [-0.2, 0) is 22.2 Å². The number of rotatable bonds is 0. The number of carbonyl (C=O) groups is 1. The highest BCUT2D eigenvalue weighted by Gasteiger charge is 2.34. The first kappa shape index (κ1) is 13.0. The molecule has 0 spiro atoms. The zero-order valence-corrected chi connectivity index (χ0v) is 11.9. The number of nitrogens with zero attached hydrogens (tertiary/aromatic N) is 2. The lowest BCUT2D eigenvalue weighted by molar-refractivity contribution is 0.0530. The summed E-state index contributed by atoms with van der Waals surface area (Å²) in [5.74, 6) is 0.369. The van der Waals surface area contributed by atoms with Crippen LogP contribution in [0.4, 0.5) is 0 Å². The third kappa shape index (κ3) is 2.11. The van der Waals surface area contributed by atoms with Gasteiger partial charge >= 0.3 is 5.97 Å². The Morgan fingerprint density at radius 3 is 2.11 bits per heavy atom. The van der Waals surface area contributed by atoms with Crippen molar-refractivity contribution >= 4 is 5.97 Å². The van der Waals surface area contributed by atoms with Gasteiger partial charge in [0.15, 0.2) is 5.69 Å². The van der Waals surface area contributed by atoms with Crippen molar-refractivity contribution in [3.05, 3.63) is 22.8 Å². The summed E-state index contributed by atoms with van der Waals surface area (Å²) >= 11 is 0. The van der Waals surface area contributed by atoms with Crippen LogP contribution < -0.4 is 0 Å². The van der Waals surface area contributed by atoms with E-state index in [9.17, 15) is 4.79 Å². The molecule has 4 nitrogen and oxygen atoms in total. The summed E-state index contributed by atoms with van der Waals surface area (Å²) in [6.07, 6.45) is 0. The molecule has 0 saturated heterocycles. The molecule has 2 heterocycles. The van der Waals surface area contributed by atoms with Crippen LogP contribution in [0.3, 0.4) is 0 Å². The second-order valence-corrected chi connectivity index (χ2v) is 6.80. The Morgan fingerprint density at radius 1 is 1.00 bits per heavy atom. The summed E-state index contributed by atoms with van der Waals surface area (Å²) in [6, 6.07) is 0. The molecule has 4 heteroatoms. The highest BCUT2D eigenvalue weighted by Crippen LogP contribution is 2.32. The molecule has 0 radical (unpaired) electrons. The van der Waals surface area contributed by atoms with Gasteiger partial charge in [-0.25, -0.2) is 14.8 Å². The molecule has 0 saturated carbocycles. The maximum absolute atomic E-state index is 11.7. The van der Waals surface area contributed by atoms with E-state index in [2.05, 4.69) is 30.7 Å². The maximum atomic E-state index is 11.7. The summed E-state index contributed by atoms with van der Waals surface area (Å²) in [5, 5.41) is 0. The molecule has 0 N–H and O–H groups in total. The molecule has 1 aromatic heterocycles. The zero-order chi connectivity index (χ0) is 13.7. The molecule has 0 unspecified atom stereocenters. The fraction of sp³-hybridized carbons (Fsp3) is 0.643. The van der Waals surface area contributed by atoms with Crippen molar-refractivity contribution in [3.63, 3.8) is 0 Å². The van der Waals surface area contributed by atoms with E-state index in [0.717, 1.165) is 11.3 Å². The minimum absolute atomic E-state index is 0.124. The van der Waals surface area contributed by atoms with Crippen LogP contribution in [0.25, 0.3) is 0 Å². The fourth-order valence-corrected chi connectivity index (χ4v) is 1.95. The molecule has 18 heavy (non-hydrogen) atoms. The van der Waals surface area contributed by atoms with Crippen molar-refractivity contribution in [1.29, 1.82) is 0 Å². The number of fused-ring (bicyclic) bond motifs is 1. The number of carbonyl (C=O) groups excluding carboxylic acids is 1. The summed E-state index contributed by atoms with van der Waals surface area (Å²) in [7, 11) is 0. The van der Waals surface area contributed by atoms with E-state index >= 15 is 0 Å². The quantitative estimate of drug-likeness (QED) is 0.662. The largest absolute Gasteiger partial charge is 0.456 e. The van der Waals surface area contributed by atoms with Crippen molar-refractivity contribution in [2.24, 2.45) is 0 Å². The second kappa shape index (κ2) is 3.77. The van der Waals surface area contributed by atoms with Gasteiger partial charge in [-0.05, 0) is 0 Å². The molecule has 0 aliphatic carbocycles. The molecule has 1 aliphatic rings. The van der Waals surface area contributed by atoms with Gasteiger partial charge in [0.05, 0.1) is 5.69 Å². The van der Waals surface area contributed by atoms with Gasteiger partial charge in [-0.2, -0.15) is 0 Å². The van der Waals surface area contributed by atoms with Gasteiger partial charge in [0.2, 0.25) is 0 Å². The molecule has 1 aliphatic heterocycles. The van der Waals surface area contributed by atoms with Gasteiger partial charge in [0.1, 0.15) is 12.4 Å². The normalized spacial score (nSPS) is 15.6. The Morgan fingerprint density at radius 2 is 1.61 bits per heavy atom. The smallest absolute Gasteiger partial charge is 0.357 e. The van der Waals surface area contributed by atoms with Gasteiger partial charge in [-0.3, -0.25) is 0 Å². The lowest BCUT2D eigenvalue weighted by Crippen LogP contribution is -2.24. The van der Waals surface area contributed by atoms with Gasteiger partial charge in [-0.1, -0.05) is 41.5 Å². The Balaban J connectivity index is 2.71.